The minimum Gasteiger partial charge on any atom is -0.478 e. The molecule has 0 saturated carbocycles. The highest BCUT2D eigenvalue weighted by Gasteiger charge is 2.04. The average Bonchev–Trinajstić information content (AvgIpc) is 2.34. The second kappa shape index (κ2) is 2.47. The van der Waals surface area contributed by atoms with Crippen LogP contribution >= 0.6 is 0 Å². The van der Waals surface area contributed by atoms with Crippen LogP contribution in [0.25, 0.3) is 0 Å². The molecule has 1 N–H and O–H groups in total. The van der Waals surface area contributed by atoms with Gasteiger partial charge in [0.25, 0.3) is 0 Å². The molecule has 10 heavy (non-hydrogen) atoms. The third-order valence-electron chi connectivity index (χ3n) is 1.00. The summed E-state index contributed by atoms with van der Waals surface area (Å²) in [6, 6.07) is 0. The summed E-state index contributed by atoms with van der Waals surface area (Å²) in [4.78, 5) is 10.2. The quantitative estimate of drug-likeness (QED) is 0.657. The van der Waals surface area contributed by atoms with Crippen molar-refractivity contribution in [3.05, 3.63) is 18.0 Å². The molecule has 1 heterocycles. The highest BCUT2D eigenvalue weighted by Crippen LogP contribution is 1.96. The van der Waals surface area contributed by atoms with Crippen molar-refractivity contribution >= 4 is 5.97 Å². The molecule has 0 atom stereocenters. The molecular formula is C5H5FN2O2. The standard InChI is InChI=1S/C5H5FN2O2/c6-3-8-2-4(1-7-8)5(9)10/h1-2H,3H2,(H,9,10). The van der Waals surface area contributed by atoms with Crippen molar-refractivity contribution in [2.24, 2.45) is 0 Å². The smallest absolute Gasteiger partial charge is 0.338 e. The van der Waals surface area contributed by atoms with E-state index in [1.54, 1.807) is 0 Å². The predicted octanol–water partition coefficient (Wildman–Crippen LogP) is 0.508. The van der Waals surface area contributed by atoms with Crippen LogP contribution in [0.3, 0.4) is 0 Å². The Morgan fingerprint density at radius 1 is 1.90 bits per heavy atom. The topological polar surface area (TPSA) is 55.1 Å². The molecule has 0 aliphatic heterocycles. The normalized spacial score (nSPS) is 9.70. The van der Waals surface area contributed by atoms with Gasteiger partial charge in [-0.25, -0.2) is 13.9 Å². The van der Waals surface area contributed by atoms with E-state index in [4.69, 9.17) is 5.11 Å². The maximum atomic E-state index is 11.7. The number of carbonyl (C=O) groups is 1. The van der Waals surface area contributed by atoms with E-state index in [1.165, 1.54) is 0 Å². The van der Waals surface area contributed by atoms with Crippen molar-refractivity contribution in [2.75, 3.05) is 0 Å². The number of alkyl halides is 1. The molecule has 4 nitrogen and oxygen atoms in total. The Morgan fingerprint density at radius 3 is 2.90 bits per heavy atom. The molecule has 0 amide bonds. The fourth-order valence-electron chi connectivity index (χ4n) is 0.539. The lowest BCUT2D eigenvalue weighted by Gasteiger charge is -1.86. The number of aromatic nitrogens is 2. The number of rotatable bonds is 2. The Bertz CT molecular complexity index is 246. The first-order valence-electron chi connectivity index (χ1n) is 2.55. The van der Waals surface area contributed by atoms with E-state index < -0.39 is 12.8 Å². The molecule has 0 saturated heterocycles. The third kappa shape index (κ3) is 1.12. The number of halogens is 1. The number of carboxylic acid groups (broad SMARTS) is 1. The van der Waals surface area contributed by atoms with E-state index in [0.29, 0.717) is 0 Å². The Labute approximate surface area is 55.9 Å². The van der Waals surface area contributed by atoms with Crippen LogP contribution in [-0.4, -0.2) is 20.9 Å². The SMILES string of the molecule is O=C(O)c1cnn(CF)c1. The number of aromatic carboxylic acids is 1. The molecule has 0 aromatic carbocycles. The molecule has 5 heteroatoms. The zero-order chi connectivity index (χ0) is 7.56. The zero-order valence-corrected chi connectivity index (χ0v) is 4.99. The molecular weight excluding hydrogens is 139 g/mol. The van der Waals surface area contributed by atoms with Gasteiger partial charge in [-0.15, -0.1) is 0 Å². The van der Waals surface area contributed by atoms with Crippen LogP contribution in [0.1, 0.15) is 10.4 Å². The zero-order valence-electron chi connectivity index (χ0n) is 4.99. The van der Waals surface area contributed by atoms with E-state index in [2.05, 4.69) is 5.10 Å². The van der Waals surface area contributed by atoms with E-state index >= 15 is 0 Å². The van der Waals surface area contributed by atoms with Crippen molar-refractivity contribution in [1.29, 1.82) is 0 Å². The van der Waals surface area contributed by atoms with Gasteiger partial charge in [0.2, 0.25) is 0 Å². The molecule has 0 unspecified atom stereocenters. The molecule has 1 aromatic rings. The van der Waals surface area contributed by atoms with Gasteiger partial charge in [-0.3, -0.25) is 0 Å². The molecule has 54 valence electrons. The number of hydrogen-bond donors (Lipinski definition) is 1. The largest absolute Gasteiger partial charge is 0.478 e. The lowest BCUT2D eigenvalue weighted by atomic mass is 10.4. The number of hydrogen-bond acceptors (Lipinski definition) is 2. The van der Waals surface area contributed by atoms with Crippen molar-refractivity contribution in [3.8, 4) is 0 Å². The summed E-state index contributed by atoms with van der Waals surface area (Å²) >= 11 is 0. The van der Waals surface area contributed by atoms with Crippen LogP contribution < -0.4 is 0 Å². The summed E-state index contributed by atoms with van der Waals surface area (Å²) < 4.78 is 12.6. The van der Waals surface area contributed by atoms with Gasteiger partial charge < -0.3 is 5.11 Å². The van der Waals surface area contributed by atoms with Gasteiger partial charge >= 0.3 is 5.97 Å². The third-order valence-corrected chi connectivity index (χ3v) is 1.00. The van der Waals surface area contributed by atoms with E-state index in [1.807, 2.05) is 0 Å². The molecule has 0 bridgehead atoms. The van der Waals surface area contributed by atoms with Crippen molar-refractivity contribution in [3.63, 3.8) is 0 Å². The summed E-state index contributed by atoms with van der Waals surface area (Å²) in [6.45, 7) is -0.798. The van der Waals surface area contributed by atoms with Gasteiger partial charge in [0, 0.05) is 6.20 Å². The lowest BCUT2D eigenvalue weighted by molar-refractivity contribution is 0.0696. The van der Waals surface area contributed by atoms with Gasteiger partial charge in [0.1, 0.15) is 0 Å². The van der Waals surface area contributed by atoms with Gasteiger partial charge in [-0.2, -0.15) is 5.10 Å². The highest BCUT2D eigenvalue weighted by atomic mass is 19.1. The Balaban J connectivity index is 2.88. The Hall–Kier alpha value is -1.39. The molecule has 1 rings (SSSR count). The maximum absolute atomic E-state index is 11.7. The summed E-state index contributed by atoms with van der Waals surface area (Å²) in [6.07, 6.45) is 2.23. The Morgan fingerprint density at radius 2 is 2.60 bits per heavy atom. The molecule has 1 aromatic heterocycles. The van der Waals surface area contributed by atoms with Crippen LogP contribution in [0.2, 0.25) is 0 Å². The molecule has 0 aliphatic rings. The minimum atomic E-state index is -1.10. The fourth-order valence-corrected chi connectivity index (χ4v) is 0.539. The van der Waals surface area contributed by atoms with Crippen molar-refractivity contribution in [1.82, 2.24) is 9.78 Å². The van der Waals surface area contributed by atoms with Crippen molar-refractivity contribution < 1.29 is 14.3 Å². The summed E-state index contributed by atoms with van der Waals surface area (Å²) in [5.41, 5.74) is -0.00218. The van der Waals surface area contributed by atoms with E-state index in [-0.39, 0.29) is 5.56 Å². The monoisotopic (exact) mass is 144 g/mol. The van der Waals surface area contributed by atoms with Crippen LogP contribution in [0, 0.1) is 0 Å². The molecule has 0 spiro atoms. The van der Waals surface area contributed by atoms with Crippen LogP contribution in [0.15, 0.2) is 12.4 Å². The highest BCUT2D eigenvalue weighted by molar-refractivity contribution is 5.86. The molecule has 0 radical (unpaired) electrons. The average molecular weight is 144 g/mol. The summed E-state index contributed by atoms with van der Waals surface area (Å²) in [7, 11) is 0. The van der Waals surface area contributed by atoms with Gasteiger partial charge in [-0.1, -0.05) is 0 Å². The number of carboxylic acids is 1. The lowest BCUT2D eigenvalue weighted by Crippen LogP contribution is -1.94. The second-order valence-electron chi connectivity index (χ2n) is 1.69. The first kappa shape index (κ1) is 6.73. The second-order valence-corrected chi connectivity index (χ2v) is 1.69. The van der Waals surface area contributed by atoms with Gasteiger partial charge in [0.15, 0.2) is 6.80 Å². The summed E-state index contributed by atoms with van der Waals surface area (Å²) in [5.74, 6) is -1.10. The maximum Gasteiger partial charge on any atom is 0.338 e. The van der Waals surface area contributed by atoms with Gasteiger partial charge in [0.05, 0.1) is 11.8 Å². The number of nitrogens with zero attached hydrogens (tertiary/aromatic N) is 2. The first-order valence-corrected chi connectivity index (χ1v) is 2.55. The van der Waals surface area contributed by atoms with E-state index in [9.17, 15) is 9.18 Å². The summed E-state index contributed by atoms with van der Waals surface area (Å²) in [5, 5.41) is 11.7. The first-order chi connectivity index (χ1) is 4.74. The molecule has 0 aliphatic carbocycles. The van der Waals surface area contributed by atoms with Crippen molar-refractivity contribution in [2.45, 2.75) is 6.80 Å². The van der Waals surface area contributed by atoms with Gasteiger partial charge in [-0.05, 0) is 0 Å². The molecule has 0 fully saturated rings. The van der Waals surface area contributed by atoms with Crippen LogP contribution in [-0.2, 0) is 6.80 Å². The Kier molecular flexibility index (Phi) is 1.66. The van der Waals surface area contributed by atoms with Crippen LogP contribution in [0.4, 0.5) is 4.39 Å². The van der Waals surface area contributed by atoms with E-state index in [0.717, 1.165) is 17.1 Å². The minimum absolute atomic E-state index is 0.00218. The van der Waals surface area contributed by atoms with Crippen LogP contribution in [0.5, 0.6) is 0 Å². The fraction of sp³-hybridized carbons (Fsp3) is 0.200. The predicted molar refractivity (Wildman–Crippen MR) is 30.3 cm³/mol.